The van der Waals surface area contributed by atoms with Gasteiger partial charge in [-0.05, 0) is 25.3 Å². The van der Waals surface area contributed by atoms with Gasteiger partial charge in [0, 0.05) is 13.1 Å². The molecule has 0 heterocycles. The Kier molecular flexibility index (Phi) is 5.93. The molecule has 0 bridgehead atoms. The zero-order valence-corrected chi connectivity index (χ0v) is 12.1. The third kappa shape index (κ3) is 5.27. The molecule has 0 aliphatic rings. The molecule has 0 aliphatic carbocycles. The van der Waals surface area contributed by atoms with Crippen molar-refractivity contribution in [3.8, 4) is 0 Å². The van der Waals surface area contributed by atoms with Gasteiger partial charge in [-0.2, -0.15) is 0 Å². The summed E-state index contributed by atoms with van der Waals surface area (Å²) in [4.78, 5) is 0. The van der Waals surface area contributed by atoms with Crippen LogP contribution in [0.15, 0.2) is 0 Å². The quantitative estimate of drug-likeness (QED) is 0.744. The highest BCUT2D eigenvalue weighted by Crippen LogP contribution is 2.24. The maximum Gasteiger partial charge on any atom is 0.215 e. The zero-order valence-electron chi connectivity index (χ0n) is 11.3. The Morgan fingerprint density at radius 2 is 1.62 bits per heavy atom. The summed E-state index contributed by atoms with van der Waals surface area (Å²) in [5.74, 6) is 0.309. The topological polar surface area (TPSA) is 58.2 Å². The van der Waals surface area contributed by atoms with Crippen molar-refractivity contribution in [2.75, 3.05) is 20.1 Å². The average Bonchev–Trinajstić information content (AvgIpc) is 2.13. The van der Waals surface area contributed by atoms with Crippen LogP contribution in [0.1, 0.15) is 34.6 Å². The van der Waals surface area contributed by atoms with Gasteiger partial charge in [-0.1, -0.05) is 27.7 Å². The molecule has 0 aromatic carbocycles. The minimum absolute atomic E-state index is 0.120. The molecule has 16 heavy (non-hydrogen) atoms. The molecule has 0 radical (unpaired) electrons. The normalized spacial score (nSPS) is 17.1. The summed E-state index contributed by atoms with van der Waals surface area (Å²) in [6.45, 7) is 11.1. The average molecular weight is 250 g/mol. The highest BCUT2D eigenvalue weighted by molar-refractivity contribution is 7.90. The number of sulfonamides is 1. The minimum atomic E-state index is -3.19. The molecule has 0 aliphatic heterocycles. The van der Waals surface area contributed by atoms with E-state index in [0.717, 1.165) is 0 Å². The van der Waals surface area contributed by atoms with Crippen LogP contribution in [0.2, 0.25) is 0 Å². The maximum absolute atomic E-state index is 11.8. The first-order valence-electron chi connectivity index (χ1n) is 5.74. The van der Waals surface area contributed by atoms with E-state index in [1.54, 1.807) is 14.0 Å². The van der Waals surface area contributed by atoms with Crippen LogP contribution >= 0.6 is 0 Å². The summed E-state index contributed by atoms with van der Waals surface area (Å²) in [7, 11) is -1.44. The van der Waals surface area contributed by atoms with Gasteiger partial charge in [-0.25, -0.2) is 13.1 Å². The van der Waals surface area contributed by atoms with Crippen LogP contribution < -0.4 is 10.0 Å². The second-order valence-electron chi connectivity index (χ2n) is 5.53. The Morgan fingerprint density at radius 3 is 2.00 bits per heavy atom. The van der Waals surface area contributed by atoms with E-state index in [9.17, 15) is 8.42 Å². The molecular formula is C11H26N2O2S. The summed E-state index contributed by atoms with van der Waals surface area (Å²) in [5.41, 5.74) is 0.120. The monoisotopic (exact) mass is 250 g/mol. The summed E-state index contributed by atoms with van der Waals surface area (Å²) >= 11 is 0. The van der Waals surface area contributed by atoms with E-state index >= 15 is 0 Å². The highest BCUT2D eigenvalue weighted by Gasteiger charge is 2.24. The maximum atomic E-state index is 11.8. The van der Waals surface area contributed by atoms with Gasteiger partial charge in [-0.15, -0.1) is 0 Å². The molecule has 0 aromatic rings. The standard InChI is InChI=1S/C11H26N2O2S/c1-9(11(3,4)5)7-13-16(14,15)10(2)8-12-6/h9-10,12-13H,7-8H2,1-6H3. The Bertz CT molecular complexity index is 294. The van der Waals surface area contributed by atoms with Crippen LogP contribution in [-0.2, 0) is 10.0 Å². The Morgan fingerprint density at radius 1 is 1.12 bits per heavy atom. The van der Waals surface area contributed by atoms with Crippen LogP contribution in [0.25, 0.3) is 0 Å². The van der Waals surface area contributed by atoms with E-state index in [-0.39, 0.29) is 5.41 Å². The third-order valence-electron chi connectivity index (χ3n) is 3.09. The second kappa shape index (κ2) is 5.98. The Labute approximate surface area is 100 Å². The van der Waals surface area contributed by atoms with Crippen LogP contribution in [0.5, 0.6) is 0 Å². The van der Waals surface area contributed by atoms with E-state index in [1.807, 2.05) is 0 Å². The van der Waals surface area contributed by atoms with Crippen LogP contribution in [0.3, 0.4) is 0 Å². The molecule has 0 saturated heterocycles. The van der Waals surface area contributed by atoms with Crippen molar-refractivity contribution < 1.29 is 8.42 Å². The number of nitrogens with one attached hydrogen (secondary N) is 2. The first-order chi connectivity index (χ1) is 7.11. The Balaban J connectivity index is 4.30. The molecule has 0 amide bonds. The minimum Gasteiger partial charge on any atom is -0.318 e. The fourth-order valence-corrected chi connectivity index (χ4v) is 2.24. The van der Waals surface area contributed by atoms with Crippen LogP contribution in [0.4, 0.5) is 0 Å². The van der Waals surface area contributed by atoms with E-state index < -0.39 is 15.3 Å². The van der Waals surface area contributed by atoms with Gasteiger partial charge in [0.1, 0.15) is 0 Å². The summed E-state index contributed by atoms with van der Waals surface area (Å²) in [6.07, 6.45) is 0. The molecule has 2 N–H and O–H groups in total. The number of hydrogen-bond donors (Lipinski definition) is 2. The largest absolute Gasteiger partial charge is 0.318 e. The van der Waals surface area contributed by atoms with Gasteiger partial charge in [0.25, 0.3) is 0 Å². The SMILES string of the molecule is CNCC(C)S(=O)(=O)NCC(C)C(C)(C)C. The summed E-state index contributed by atoms with van der Waals surface area (Å²) < 4.78 is 26.3. The van der Waals surface area contributed by atoms with Crippen molar-refractivity contribution in [3.63, 3.8) is 0 Å². The number of hydrogen-bond acceptors (Lipinski definition) is 3. The van der Waals surface area contributed by atoms with E-state index in [0.29, 0.717) is 19.0 Å². The first-order valence-corrected chi connectivity index (χ1v) is 7.29. The molecule has 0 rings (SSSR count). The smallest absolute Gasteiger partial charge is 0.215 e. The molecule has 5 heteroatoms. The molecule has 0 fully saturated rings. The molecule has 2 unspecified atom stereocenters. The van der Waals surface area contributed by atoms with Crippen molar-refractivity contribution in [2.45, 2.75) is 39.9 Å². The molecule has 4 nitrogen and oxygen atoms in total. The van der Waals surface area contributed by atoms with Crippen LogP contribution in [-0.4, -0.2) is 33.8 Å². The van der Waals surface area contributed by atoms with Gasteiger partial charge in [0.2, 0.25) is 10.0 Å². The highest BCUT2D eigenvalue weighted by atomic mass is 32.2. The molecule has 0 saturated carbocycles. The molecule has 0 aromatic heterocycles. The Hall–Kier alpha value is -0.130. The first kappa shape index (κ1) is 15.9. The summed E-state index contributed by atoms with van der Waals surface area (Å²) in [6, 6.07) is 0. The van der Waals surface area contributed by atoms with E-state index in [4.69, 9.17) is 0 Å². The number of rotatable bonds is 6. The van der Waals surface area contributed by atoms with Crippen molar-refractivity contribution in [3.05, 3.63) is 0 Å². The predicted molar refractivity (Wildman–Crippen MR) is 68.9 cm³/mol. The van der Waals surface area contributed by atoms with Crippen molar-refractivity contribution in [1.82, 2.24) is 10.0 Å². The molecule has 0 spiro atoms. The van der Waals surface area contributed by atoms with E-state index in [2.05, 4.69) is 37.7 Å². The summed E-state index contributed by atoms with van der Waals surface area (Å²) in [5, 5.41) is 2.47. The third-order valence-corrected chi connectivity index (χ3v) is 4.89. The lowest BCUT2D eigenvalue weighted by molar-refractivity contribution is 0.263. The predicted octanol–water partition coefficient (Wildman–Crippen LogP) is 1.20. The van der Waals surface area contributed by atoms with Gasteiger partial charge >= 0.3 is 0 Å². The van der Waals surface area contributed by atoms with Gasteiger partial charge in [0.15, 0.2) is 0 Å². The van der Waals surface area contributed by atoms with Crippen molar-refractivity contribution >= 4 is 10.0 Å². The van der Waals surface area contributed by atoms with Gasteiger partial charge in [-0.3, -0.25) is 0 Å². The lowest BCUT2D eigenvalue weighted by Gasteiger charge is -2.27. The lowest BCUT2D eigenvalue weighted by atomic mass is 9.82. The van der Waals surface area contributed by atoms with Gasteiger partial charge in [0.05, 0.1) is 5.25 Å². The zero-order chi connectivity index (χ0) is 13.0. The molecule has 98 valence electrons. The van der Waals surface area contributed by atoms with E-state index in [1.165, 1.54) is 0 Å². The second-order valence-corrected chi connectivity index (χ2v) is 7.71. The molecular weight excluding hydrogens is 224 g/mol. The lowest BCUT2D eigenvalue weighted by Crippen LogP contribution is -2.41. The fourth-order valence-electron chi connectivity index (χ4n) is 1.09. The van der Waals surface area contributed by atoms with Gasteiger partial charge < -0.3 is 5.32 Å². The van der Waals surface area contributed by atoms with Crippen LogP contribution in [0, 0.1) is 11.3 Å². The fraction of sp³-hybridized carbons (Fsp3) is 1.00. The van der Waals surface area contributed by atoms with Crippen molar-refractivity contribution in [1.29, 1.82) is 0 Å². The van der Waals surface area contributed by atoms with Crippen molar-refractivity contribution in [2.24, 2.45) is 11.3 Å². The molecule has 2 atom stereocenters.